The van der Waals surface area contributed by atoms with Crippen LogP contribution in [0, 0.1) is 0 Å². The molecule has 0 saturated carbocycles. The molecular weight excluding hydrogens is 224 g/mol. The molecule has 5 heteroatoms. The molecule has 0 aliphatic rings. The molecule has 0 aliphatic carbocycles. The average Bonchev–Trinajstić information content (AvgIpc) is 2.28. The summed E-state index contributed by atoms with van der Waals surface area (Å²) in [6, 6.07) is 3.27. The highest BCUT2D eigenvalue weighted by Crippen LogP contribution is 2.26. The zero-order chi connectivity index (χ0) is 12.4. The lowest BCUT2D eigenvalue weighted by molar-refractivity contribution is 0.146. The van der Waals surface area contributed by atoms with Crippen molar-refractivity contribution in [2.24, 2.45) is 0 Å². The van der Waals surface area contributed by atoms with E-state index in [2.05, 4.69) is 15.3 Å². The molecule has 0 aromatic carbocycles. The van der Waals surface area contributed by atoms with Crippen LogP contribution in [0.3, 0.4) is 0 Å². The van der Waals surface area contributed by atoms with Crippen molar-refractivity contribution in [2.75, 3.05) is 5.32 Å². The summed E-state index contributed by atoms with van der Waals surface area (Å²) < 4.78 is 25.4. The van der Waals surface area contributed by atoms with Gasteiger partial charge >= 0.3 is 0 Å². The molecule has 2 aromatic rings. The highest BCUT2D eigenvalue weighted by atomic mass is 19.3. The summed E-state index contributed by atoms with van der Waals surface area (Å²) in [6.45, 7) is 3.87. The van der Waals surface area contributed by atoms with E-state index in [9.17, 15) is 8.78 Å². The van der Waals surface area contributed by atoms with Crippen LogP contribution in [0.2, 0.25) is 0 Å². The lowest BCUT2D eigenvalue weighted by Gasteiger charge is -2.13. The highest BCUT2D eigenvalue weighted by molar-refractivity contribution is 5.91. The van der Waals surface area contributed by atoms with Crippen LogP contribution < -0.4 is 5.32 Å². The van der Waals surface area contributed by atoms with Crippen LogP contribution in [0.15, 0.2) is 24.5 Å². The Morgan fingerprint density at radius 3 is 2.71 bits per heavy atom. The van der Waals surface area contributed by atoms with Gasteiger partial charge in [-0.15, -0.1) is 0 Å². The zero-order valence-electron chi connectivity index (χ0n) is 9.61. The standard InChI is InChI=1S/C12H13F2N3/c1-7(2)16-12-9-3-4-15-6-8(9)5-10(17-12)11(13)14/h3-7,11H,1-2H3,(H,16,17). The highest BCUT2D eigenvalue weighted by Gasteiger charge is 2.13. The molecule has 1 N–H and O–H groups in total. The van der Waals surface area contributed by atoms with E-state index in [0.29, 0.717) is 11.2 Å². The van der Waals surface area contributed by atoms with Crippen LogP contribution in [-0.2, 0) is 0 Å². The first-order valence-corrected chi connectivity index (χ1v) is 5.37. The minimum Gasteiger partial charge on any atom is -0.367 e. The van der Waals surface area contributed by atoms with Gasteiger partial charge in [-0.1, -0.05) is 0 Å². The quantitative estimate of drug-likeness (QED) is 0.889. The van der Waals surface area contributed by atoms with Gasteiger partial charge in [-0.3, -0.25) is 4.98 Å². The van der Waals surface area contributed by atoms with Crippen molar-refractivity contribution in [2.45, 2.75) is 26.3 Å². The molecular formula is C12H13F2N3. The fourth-order valence-electron chi connectivity index (χ4n) is 1.61. The van der Waals surface area contributed by atoms with E-state index in [0.717, 1.165) is 5.39 Å². The van der Waals surface area contributed by atoms with E-state index in [1.165, 1.54) is 6.07 Å². The first kappa shape index (κ1) is 11.7. The number of fused-ring (bicyclic) bond motifs is 1. The lowest BCUT2D eigenvalue weighted by atomic mass is 10.2. The summed E-state index contributed by atoms with van der Waals surface area (Å²) in [5, 5.41) is 4.54. The maximum Gasteiger partial charge on any atom is 0.280 e. The Bertz CT molecular complexity index is 526. The van der Waals surface area contributed by atoms with Gasteiger partial charge in [-0.25, -0.2) is 13.8 Å². The summed E-state index contributed by atoms with van der Waals surface area (Å²) in [6.07, 6.45) is 0.610. The number of rotatable bonds is 3. The van der Waals surface area contributed by atoms with Crippen molar-refractivity contribution >= 4 is 16.6 Å². The van der Waals surface area contributed by atoms with Gasteiger partial charge in [0.2, 0.25) is 0 Å². The van der Waals surface area contributed by atoms with E-state index in [-0.39, 0.29) is 11.7 Å². The van der Waals surface area contributed by atoms with Crippen LogP contribution >= 0.6 is 0 Å². The molecule has 17 heavy (non-hydrogen) atoms. The summed E-state index contributed by atoms with van der Waals surface area (Å²) >= 11 is 0. The molecule has 0 aliphatic heterocycles. The predicted molar refractivity (Wildman–Crippen MR) is 63.3 cm³/mol. The molecule has 2 rings (SSSR count). The maximum atomic E-state index is 12.7. The first-order chi connectivity index (χ1) is 8.08. The molecule has 2 heterocycles. The summed E-state index contributed by atoms with van der Waals surface area (Å²) in [7, 11) is 0. The molecule has 90 valence electrons. The first-order valence-electron chi connectivity index (χ1n) is 5.37. The number of aromatic nitrogens is 2. The van der Waals surface area contributed by atoms with E-state index in [1.54, 1.807) is 18.5 Å². The Balaban J connectivity index is 2.60. The summed E-state index contributed by atoms with van der Waals surface area (Å²) in [4.78, 5) is 7.88. The number of hydrogen-bond donors (Lipinski definition) is 1. The number of anilines is 1. The second-order valence-corrected chi connectivity index (χ2v) is 4.09. The second kappa shape index (κ2) is 4.61. The van der Waals surface area contributed by atoms with Crippen LogP contribution in [0.25, 0.3) is 10.8 Å². The fourth-order valence-corrected chi connectivity index (χ4v) is 1.61. The van der Waals surface area contributed by atoms with Gasteiger partial charge in [0.1, 0.15) is 11.5 Å². The maximum absolute atomic E-state index is 12.7. The van der Waals surface area contributed by atoms with Crippen molar-refractivity contribution in [3.05, 3.63) is 30.2 Å². The molecule has 0 spiro atoms. The topological polar surface area (TPSA) is 37.8 Å². The van der Waals surface area contributed by atoms with Gasteiger partial charge in [0.15, 0.2) is 0 Å². The minimum absolute atomic E-state index is 0.131. The van der Waals surface area contributed by atoms with E-state index < -0.39 is 6.43 Å². The molecule has 0 atom stereocenters. The molecule has 2 aromatic heterocycles. The Labute approximate surface area is 97.9 Å². The van der Waals surface area contributed by atoms with Gasteiger partial charge in [0.05, 0.1) is 0 Å². The number of pyridine rings is 2. The lowest BCUT2D eigenvalue weighted by Crippen LogP contribution is -2.12. The van der Waals surface area contributed by atoms with Gasteiger partial charge in [-0.05, 0) is 26.0 Å². The molecule has 0 radical (unpaired) electrons. The SMILES string of the molecule is CC(C)Nc1nc(C(F)F)cc2cnccc12. The number of nitrogens with one attached hydrogen (secondary N) is 1. The van der Waals surface area contributed by atoms with Crippen molar-refractivity contribution in [1.82, 2.24) is 9.97 Å². The second-order valence-electron chi connectivity index (χ2n) is 4.09. The zero-order valence-corrected chi connectivity index (χ0v) is 9.61. The smallest absolute Gasteiger partial charge is 0.280 e. The Morgan fingerprint density at radius 2 is 2.06 bits per heavy atom. The van der Waals surface area contributed by atoms with Crippen LogP contribution in [0.1, 0.15) is 26.0 Å². The van der Waals surface area contributed by atoms with Gasteiger partial charge in [-0.2, -0.15) is 0 Å². The molecule has 0 bridgehead atoms. The molecule has 0 saturated heterocycles. The summed E-state index contributed by atoms with van der Waals surface area (Å²) in [5.74, 6) is 0.482. The van der Waals surface area contributed by atoms with Crippen LogP contribution in [-0.4, -0.2) is 16.0 Å². The van der Waals surface area contributed by atoms with Crippen molar-refractivity contribution in [3.8, 4) is 0 Å². The van der Waals surface area contributed by atoms with Gasteiger partial charge in [0.25, 0.3) is 6.43 Å². The normalized spacial score (nSPS) is 11.4. The monoisotopic (exact) mass is 237 g/mol. The minimum atomic E-state index is -2.58. The number of nitrogens with zero attached hydrogens (tertiary/aromatic N) is 2. The largest absolute Gasteiger partial charge is 0.367 e. The third-order valence-corrected chi connectivity index (χ3v) is 2.30. The Kier molecular flexibility index (Phi) is 3.17. The predicted octanol–water partition coefficient (Wildman–Crippen LogP) is 3.39. The van der Waals surface area contributed by atoms with Crippen molar-refractivity contribution < 1.29 is 8.78 Å². The Morgan fingerprint density at radius 1 is 1.29 bits per heavy atom. The molecule has 0 fully saturated rings. The number of halogens is 2. The molecule has 3 nitrogen and oxygen atoms in total. The third-order valence-electron chi connectivity index (χ3n) is 2.30. The molecule has 0 unspecified atom stereocenters. The Hall–Kier alpha value is -1.78. The van der Waals surface area contributed by atoms with Crippen molar-refractivity contribution in [3.63, 3.8) is 0 Å². The van der Waals surface area contributed by atoms with Crippen LogP contribution in [0.4, 0.5) is 14.6 Å². The third kappa shape index (κ3) is 2.49. The fraction of sp³-hybridized carbons (Fsp3) is 0.333. The number of alkyl halides is 2. The molecule has 0 amide bonds. The average molecular weight is 237 g/mol. The van der Waals surface area contributed by atoms with Crippen LogP contribution in [0.5, 0.6) is 0 Å². The van der Waals surface area contributed by atoms with E-state index in [4.69, 9.17) is 0 Å². The van der Waals surface area contributed by atoms with Gasteiger partial charge in [0, 0.05) is 29.2 Å². The van der Waals surface area contributed by atoms with E-state index in [1.807, 2.05) is 13.8 Å². The van der Waals surface area contributed by atoms with Crippen molar-refractivity contribution in [1.29, 1.82) is 0 Å². The summed E-state index contributed by atoms with van der Waals surface area (Å²) in [5.41, 5.74) is -0.228. The number of hydrogen-bond acceptors (Lipinski definition) is 3. The van der Waals surface area contributed by atoms with Gasteiger partial charge < -0.3 is 5.32 Å². The van der Waals surface area contributed by atoms with E-state index >= 15 is 0 Å².